The summed E-state index contributed by atoms with van der Waals surface area (Å²) >= 11 is 5.86. The maximum Gasteiger partial charge on any atom is 0.181 e. The first-order chi connectivity index (χ1) is 9.72. The molecule has 2 aromatic rings. The van der Waals surface area contributed by atoms with Crippen molar-refractivity contribution in [3.05, 3.63) is 35.6 Å². The monoisotopic (exact) mass is 288 g/mol. The molecule has 1 aromatic carbocycles. The number of aromatic nitrogens is 3. The first-order valence-corrected chi connectivity index (χ1v) is 7.15. The molecule has 0 saturated heterocycles. The Morgan fingerprint density at radius 2 is 2.10 bits per heavy atom. The van der Waals surface area contributed by atoms with Gasteiger partial charge in [0.15, 0.2) is 5.82 Å². The van der Waals surface area contributed by atoms with Crippen LogP contribution in [0.4, 0.5) is 0 Å². The molecule has 20 heavy (non-hydrogen) atoms. The van der Waals surface area contributed by atoms with Crippen molar-refractivity contribution in [2.75, 3.05) is 0 Å². The second-order valence-electron chi connectivity index (χ2n) is 4.77. The Hall–Kier alpha value is -1.86. The third-order valence-electron chi connectivity index (χ3n) is 3.14. The third kappa shape index (κ3) is 3.82. The number of nitrogens with zero attached hydrogens (tertiary/aromatic N) is 4. The van der Waals surface area contributed by atoms with Crippen LogP contribution in [-0.4, -0.2) is 14.8 Å². The van der Waals surface area contributed by atoms with E-state index in [1.165, 1.54) is 0 Å². The number of rotatable bonds is 6. The average Bonchev–Trinajstić information content (AvgIpc) is 2.92. The minimum absolute atomic E-state index is 0.00489. The molecule has 0 fully saturated rings. The van der Waals surface area contributed by atoms with Crippen molar-refractivity contribution in [1.82, 2.24) is 14.8 Å². The van der Waals surface area contributed by atoms with E-state index in [0.717, 1.165) is 24.8 Å². The van der Waals surface area contributed by atoms with Gasteiger partial charge < -0.3 is 0 Å². The van der Waals surface area contributed by atoms with E-state index in [0.29, 0.717) is 17.4 Å². The van der Waals surface area contributed by atoms with Crippen molar-refractivity contribution in [2.24, 2.45) is 5.92 Å². The average molecular weight is 289 g/mol. The molecule has 1 unspecified atom stereocenters. The molecular formula is C15H17ClN4. The molecule has 1 atom stereocenters. The Morgan fingerprint density at radius 3 is 2.75 bits per heavy atom. The lowest BCUT2D eigenvalue weighted by Crippen LogP contribution is -2.09. The maximum absolute atomic E-state index is 9.14. The third-order valence-corrected chi connectivity index (χ3v) is 3.39. The fourth-order valence-corrected chi connectivity index (χ4v) is 2.11. The molecule has 0 amide bonds. The van der Waals surface area contributed by atoms with E-state index >= 15 is 0 Å². The summed E-state index contributed by atoms with van der Waals surface area (Å²) in [6, 6.07) is 9.75. The molecule has 0 saturated carbocycles. The van der Waals surface area contributed by atoms with Crippen molar-refractivity contribution in [3.8, 4) is 17.5 Å². The summed E-state index contributed by atoms with van der Waals surface area (Å²) in [5.41, 5.74) is 0.926. The molecule has 0 aliphatic rings. The molecule has 0 aliphatic heterocycles. The van der Waals surface area contributed by atoms with Gasteiger partial charge in [0.25, 0.3) is 0 Å². The molecule has 1 heterocycles. The van der Waals surface area contributed by atoms with E-state index in [1.807, 2.05) is 24.3 Å². The molecule has 0 N–H and O–H groups in total. The molecule has 0 aliphatic carbocycles. The zero-order valence-electron chi connectivity index (χ0n) is 11.5. The van der Waals surface area contributed by atoms with Gasteiger partial charge in [0.1, 0.15) is 6.33 Å². The van der Waals surface area contributed by atoms with Gasteiger partial charge in [-0.2, -0.15) is 10.4 Å². The Morgan fingerprint density at radius 1 is 1.35 bits per heavy atom. The minimum atomic E-state index is -0.00489. The van der Waals surface area contributed by atoms with Crippen molar-refractivity contribution < 1.29 is 0 Å². The summed E-state index contributed by atoms with van der Waals surface area (Å²) in [4.78, 5) is 4.28. The van der Waals surface area contributed by atoms with Crippen LogP contribution in [0.2, 0.25) is 5.02 Å². The van der Waals surface area contributed by atoms with Crippen LogP contribution >= 0.6 is 11.6 Å². The number of benzene rings is 1. The van der Waals surface area contributed by atoms with Crippen LogP contribution in [0.5, 0.6) is 0 Å². The Balaban J connectivity index is 2.05. The Bertz CT molecular complexity index is 583. The zero-order chi connectivity index (χ0) is 14.4. The molecule has 2 rings (SSSR count). The van der Waals surface area contributed by atoms with Gasteiger partial charge in [-0.3, -0.25) is 4.68 Å². The Labute approximate surface area is 124 Å². The second-order valence-corrected chi connectivity index (χ2v) is 5.20. The van der Waals surface area contributed by atoms with Gasteiger partial charge in [-0.1, -0.05) is 31.4 Å². The SMILES string of the molecule is CCCCC(C#N)Cn1cnc(-c2ccc(Cl)cc2)n1. The highest BCUT2D eigenvalue weighted by Crippen LogP contribution is 2.18. The largest absolute Gasteiger partial charge is 0.251 e. The molecule has 4 nitrogen and oxygen atoms in total. The van der Waals surface area contributed by atoms with E-state index in [-0.39, 0.29) is 5.92 Å². The highest BCUT2D eigenvalue weighted by Gasteiger charge is 2.10. The molecule has 0 bridgehead atoms. The van der Waals surface area contributed by atoms with Gasteiger partial charge in [-0.25, -0.2) is 4.98 Å². The fourth-order valence-electron chi connectivity index (χ4n) is 1.99. The highest BCUT2D eigenvalue weighted by molar-refractivity contribution is 6.30. The summed E-state index contributed by atoms with van der Waals surface area (Å²) < 4.78 is 1.74. The normalized spacial score (nSPS) is 12.1. The maximum atomic E-state index is 9.14. The summed E-state index contributed by atoms with van der Waals surface area (Å²) in [5.74, 6) is 0.656. The zero-order valence-corrected chi connectivity index (χ0v) is 12.2. The van der Waals surface area contributed by atoms with Crippen LogP contribution in [0.3, 0.4) is 0 Å². The number of nitriles is 1. The summed E-state index contributed by atoms with van der Waals surface area (Å²) in [6.07, 6.45) is 4.76. The van der Waals surface area contributed by atoms with E-state index in [1.54, 1.807) is 11.0 Å². The van der Waals surface area contributed by atoms with Crippen LogP contribution in [0.15, 0.2) is 30.6 Å². The topological polar surface area (TPSA) is 54.5 Å². The van der Waals surface area contributed by atoms with E-state index in [2.05, 4.69) is 23.1 Å². The van der Waals surface area contributed by atoms with Gasteiger partial charge in [-0.05, 0) is 30.7 Å². The fraction of sp³-hybridized carbons (Fsp3) is 0.400. The van der Waals surface area contributed by atoms with Crippen molar-refractivity contribution >= 4 is 11.6 Å². The second kappa shape index (κ2) is 7.06. The lowest BCUT2D eigenvalue weighted by molar-refractivity contribution is 0.457. The van der Waals surface area contributed by atoms with Gasteiger partial charge >= 0.3 is 0 Å². The van der Waals surface area contributed by atoms with Crippen LogP contribution in [0, 0.1) is 17.2 Å². The van der Waals surface area contributed by atoms with Gasteiger partial charge in [0, 0.05) is 10.6 Å². The number of hydrogen-bond donors (Lipinski definition) is 0. The predicted octanol–water partition coefficient (Wildman–Crippen LogP) is 3.93. The standard InChI is InChI=1S/C15H17ClN4/c1-2-3-4-12(9-17)10-20-11-18-15(19-20)13-5-7-14(16)8-6-13/h5-8,11-12H,2-4,10H2,1H3. The van der Waals surface area contributed by atoms with Crippen LogP contribution in [-0.2, 0) is 6.54 Å². The van der Waals surface area contributed by atoms with Gasteiger partial charge in [-0.15, -0.1) is 0 Å². The molecule has 5 heteroatoms. The highest BCUT2D eigenvalue weighted by atomic mass is 35.5. The van der Waals surface area contributed by atoms with Crippen LogP contribution < -0.4 is 0 Å². The summed E-state index contributed by atoms with van der Waals surface area (Å²) in [6.45, 7) is 2.72. The number of unbranched alkanes of at least 4 members (excludes halogenated alkanes) is 1. The van der Waals surface area contributed by atoms with Crippen molar-refractivity contribution in [1.29, 1.82) is 5.26 Å². The lowest BCUT2D eigenvalue weighted by Gasteiger charge is -2.07. The first kappa shape index (κ1) is 14.5. The molecule has 1 aromatic heterocycles. The Kier molecular flexibility index (Phi) is 5.14. The van der Waals surface area contributed by atoms with E-state index in [4.69, 9.17) is 16.9 Å². The lowest BCUT2D eigenvalue weighted by atomic mass is 10.0. The minimum Gasteiger partial charge on any atom is -0.251 e. The smallest absolute Gasteiger partial charge is 0.181 e. The van der Waals surface area contributed by atoms with Crippen molar-refractivity contribution in [2.45, 2.75) is 32.7 Å². The van der Waals surface area contributed by atoms with E-state index < -0.39 is 0 Å². The molecular weight excluding hydrogens is 272 g/mol. The molecule has 104 valence electrons. The first-order valence-electron chi connectivity index (χ1n) is 6.78. The van der Waals surface area contributed by atoms with Gasteiger partial charge in [0.05, 0.1) is 18.5 Å². The van der Waals surface area contributed by atoms with Crippen LogP contribution in [0.25, 0.3) is 11.4 Å². The van der Waals surface area contributed by atoms with Crippen molar-refractivity contribution in [3.63, 3.8) is 0 Å². The molecule has 0 radical (unpaired) electrons. The van der Waals surface area contributed by atoms with E-state index in [9.17, 15) is 0 Å². The molecule has 0 spiro atoms. The quantitative estimate of drug-likeness (QED) is 0.809. The number of hydrogen-bond acceptors (Lipinski definition) is 3. The summed E-state index contributed by atoms with van der Waals surface area (Å²) in [7, 11) is 0. The van der Waals surface area contributed by atoms with Gasteiger partial charge in [0.2, 0.25) is 0 Å². The predicted molar refractivity (Wildman–Crippen MR) is 79.1 cm³/mol. The number of halogens is 1. The summed E-state index contributed by atoms with van der Waals surface area (Å²) in [5, 5.41) is 14.3. The van der Waals surface area contributed by atoms with Crippen LogP contribution in [0.1, 0.15) is 26.2 Å².